The van der Waals surface area contributed by atoms with Gasteiger partial charge in [-0.15, -0.1) is 11.3 Å². The van der Waals surface area contributed by atoms with E-state index in [1.54, 1.807) is 17.6 Å². The summed E-state index contributed by atoms with van der Waals surface area (Å²) in [7, 11) is 0. The van der Waals surface area contributed by atoms with Crippen molar-refractivity contribution in [1.82, 2.24) is 4.68 Å². The predicted molar refractivity (Wildman–Crippen MR) is 109 cm³/mol. The van der Waals surface area contributed by atoms with Crippen LogP contribution in [0.25, 0.3) is 11.3 Å². The number of benzene rings is 1. The van der Waals surface area contributed by atoms with Crippen molar-refractivity contribution < 1.29 is 9.15 Å². The van der Waals surface area contributed by atoms with Gasteiger partial charge in [0.2, 0.25) is 4.80 Å². The molecule has 0 bridgehead atoms. The van der Waals surface area contributed by atoms with Gasteiger partial charge in [-0.1, -0.05) is 23.7 Å². The second-order valence-electron chi connectivity index (χ2n) is 6.39. The highest BCUT2D eigenvalue weighted by atomic mass is 35.5. The minimum Gasteiger partial charge on any atom is -0.460 e. The normalized spacial score (nSPS) is 18.0. The van der Waals surface area contributed by atoms with Gasteiger partial charge in [0, 0.05) is 22.6 Å². The number of rotatable bonds is 5. The van der Waals surface area contributed by atoms with Crippen LogP contribution in [0.5, 0.6) is 0 Å². The molecule has 3 heterocycles. The lowest BCUT2D eigenvalue weighted by Gasteiger charge is -2.05. The molecule has 0 N–H and O–H groups in total. The zero-order valence-corrected chi connectivity index (χ0v) is 16.5. The third-order valence-electron chi connectivity index (χ3n) is 4.34. The summed E-state index contributed by atoms with van der Waals surface area (Å²) in [5, 5.41) is 7.40. The van der Waals surface area contributed by atoms with Crippen LogP contribution < -0.4 is 4.80 Å². The number of aryl methyl sites for hydroxylation is 1. The molecule has 140 valence electrons. The third-order valence-corrected chi connectivity index (χ3v) is 5.45. The first-order valence-corrected chi connectivity index (χ1v) is 10.1. The number of halogens is 1. The molecule has 1 fully saturated rings. The molecule has 0 amide bonds. The average molecular weight is 402 g/mol. The summed E-state index contributed by atoms with van der Waals surface area (Å²) >= 11 is 7.59. The Labute approximate surface area is 166 Å². The zero-order chi connectivity index (χ0) is 18.6. The van der Waals surface area contributed by atoms with E-state index >= 15 is 0 Å². The summed E-state index contributed by atoms with van der Waals surface area (Å²) in [5.41, 5.74) is 1.99. The predicted octanol–water partition coefficient (Wildman–Crippen LogP) is 4.73. The SMILES string of the molecule is Cc1ccc(C=Nn2c(-c3ccc(Cl)cc3)csc2=NCC2CCCO2)o1. The summed E-state index contributed by atoms with van der Waals surface area (Å²) in [6.45, 7) is 3.39. The molecule has 5 nitrogen and oxygen atoms in total. The van der Waals surface area contributed by atoms with E-state index in [4.69, 9.17) is 25.7 Å². The molecule has 1 saturated heterocycles. The molecule has 1 unspecified atom stereocenters. The Morgan fingerprint density at radius 2 is 2.11 bits per heavy atom. The van der Waals surface area contributed by atoms with Crippen molar-refractivity contribution in [3.05, 3.63) is 63.1 Å². The first-order chi connectivity index (χ1) is 13.2. The number of hydrogen-bond donors (Lipinski definition) is 0. The summed E-state index contributed by atoms with van der Waals surface area (Å²) in [6.07, 6.45) is 4.09. The molecule has 27 heavy (non-hydrogen) atoms. The zero-order valence-electron chi connectivity index (χ0n) is 15.0. The lowest BCUT2D eigenvalue weighted by atomic mass is 10.2. The smallest absolute Gasteiger partial charge is 0.206 e. The van der Waals surface area contributed by atoms with Crippen molar-refractivity contribution in [2.45, 2.75) is 25.9 Å². The fourth-order valence-corrected chi connectivity index (χ4v) is 3.92. The average Bonchev–Trinajstić information content (AvgIpc) is 3.40. The first kappa shape index (κ1) is 18.2. The van der Waals surface area contributed by atoms with Gasteiger partial charge in [-0.3, -0.25) is 4.99 Å². The summed E-state index contributed by atoms with van der Waals surface area (Å²) in [4.78, 5) is 5.58. The van der Waals surface area contributed by atoms with Gasteiger partial charge in [0.05, 0.1) is 24.6 Å². The summed E-state index contributed by atoms with van der Waals surface area (Å²) in [5.74, 6) is 1.56. The monoisotopic (exact) mass is 401 g/mol. The molecule has 0 saturated carbocycles. The topological polar surface area (TPSA) is 52.0 Å². The van der Waals surface area contributed by atoms with Crippen molar-refractivity contribution >= 4 is 29.2 Å². The maximum atomic E-state index is 6.03. The number of hydrogen-bond acceptors (Lipinski definition) is 5. The van der Waals surface area contributed by atoms with Crippen molar-refractivity contribution in [1.29, 1.82) is 0 Å². The van der Waals surface area contributed by atoms with Gasteiger partial charge in [-0.05, 0) is 44.0 Å². The molecule has 1 aliphatic heterocycles. The van der Waals surface area contributed by atoms with Gasteiger partial charge < -0.3 is 9.15 Å². The maximum absolute atomic E-state index is 6.03. The lowest BCUT2D eigenvalue weighted by Crippen LogP contribution is -2.17. The van der Waals surface area contributed by atoms with E-state index in [-0.39, 0.29) is 6.10 Å². The number of aromatic nitrogens is 1. The minimum absolute atomic E-state index is 0.205. The first-order valence-electron chi connectivity index (χ1n) is 8.88. The van der Waals surface area contributed by atoms with E-state index in [9.17, 15) is 0 Å². The number of furan rings is 1. The van der Waals surface area contributed by atoms with Gasteiger partial charge in [-0.2, -0.15) is 5.10 Å². The molecule has 1 aromatic carbocycles. The molecular formula is C20H20ClN3O2S. The molecule has 0 radical (unpaired) electrons. The van der Waals surface area contributed by atoms with Crippen molar-refractivity contribution in [2.24, 2.45) is 10.1 Å². The summed E-state index contributed by atoms with van der Waals surface area (Å²) < 4.78 is 13.1. The van der Waals surface area contributed by atoms with E-state index < -0.39 is 0 Å². The summed E-state index contributed by atoms with van der Waals surface area (Å²) in [6, 6.07) is 11.5. The quantitative estimate of drug-likeness (QED) is 0.580. The van der Waals surface area contributed by atoms with E-state index in [0.717, 1.165) is 41.3 Å². The number of nitrogens with zero attached hydrogens (tertiary/aromatic N) is 3. The van der Waals surface area contributed by atoms with Crippen LogP contribution >= 0.6 is 22.9 Å². The molecule has 1 aliphatic rings. The molecule has 4 rings (SSSR count). The molecule has 7 heteroatoms. The fourth-order valence-electron chi connectivity index (χ4n) is 2.94. The van der Waals surface area contributed by atoms with Crippen LogP contribution in [-0.4, -0.2) is 30.1 Å². The van der Waals surface area contributed by atoms with E-state index in [1.807, 2.05) is 48.0 Å². The Hall–Kier alpha value is -2.15. The Kier molecular flexibility index (Phi) is 5.57. The van der Waals surface area contributed by atoms with Gasteiger partial charge in [0.15, 0.2) is 0 Å². The van der Waals surface area contributed by atoms with Gasteiger partial charge in [0.25, 0.3) is 0 Å². The van der Waals surface area contributed by atoms with Crippen molar-refractivity contribution in [2.75, 3.05) is 13.2 Å². The van der Waals surface area contributed by atoms with Crippen LogP contribution in [0.3, 0.4) is 0 Å². The molecule has 0 spiro atoms. The van der Waals surface area contributed by atoms with E-state index in [2.05, 4.69) is 10.5 Å². The molecular weight excluding hydrogens is 382 g/mol. The Morgan fingerprint density at radius 1 is 1.26 bits per heavy atom. The minimum atomic E-state index is 0.205. The molecule has 3 aromatic rings. The van der Waals surface area contributed by atoms with Crippen molar-refractivity contribution in [3.8, 4) is 11.3 Å². The van der Waals surface area contributed by atoms with Gasteiger partial charge in [0.1, 0.15) is 11.5 Å². The van der Waals surface area contributed by atoms with Crippen LogP contribution in [-0.2, 0) is 4.74 Å². The fraction of sp³-hybridized carbons (Fsp3) is 0.300. The third kappa shape index (κ3) is 4.40. The van der Waals surface area contributed by atoms with Crippen LogP contribution in [0.2, 0.25) is 5.02 Å². The number of ether oxygens (including phenoxy) is 1. The Bertz CT molecular complexity index is 995. The second-order valence-corrected chi connectivity index (χ2v) is 7.66. The lowest BCUT2D eigenvalue weighted by molar-refractivity contribution is 0.117. The van der Waals surface area contributed by atoms with Crippen LogP contribution in [0.4, 0.5) is 0 Å². The second kappa shape index (κ2) is 8.25. The van der Waals surface area contributed by atoms with Gasteiger partial charge >= 0.3 is 0 Å². The standard InChI is InChI=1S/C20H20ClN3O2S/c1-14-4-9-18(26-14)12-23-24-19(15-5-7-16(21)8-6-15)13-27-20(24)22-11-17-3-2-10-25-17/h4-9,12-13,17H,2-3,10-11H2,1H3. The largest absolute Gasteiger partial charge is 0.460 e. The van der Waals surface area contributed by atoms with E-state index in [0.29, 0.717) is 17.3 Å². The number of thiazole rings is 1. The van der Waals surface area contributed by atoms with Crippen LogP contribution in [0.1, 0.15) is 24.4 Å². The van der Waals surface area contributed by atoms with E-state index in [1.165, 1.54) is 0 Å². The Morgan fingerprint density at radius 3 is 2.81 bits per heavy atom. The maximum Gasteiger partial charge on any atom is 0.206 e. The highest BCUT2D eigenvalue weighted by Gasteiger charge is 2.15. The van der Waals surface area contributed by atoms with Gasteiger partial charge in [-0.25, -0.2) is 4.68 Å². The highest BCUT2D eigenvalue weighted by Crippen LogP contribution is 2.22. The highest BCUT2D eigenvalue weighted by molar-refractivity contribution is 7.07. The Balaban J connectivity index is 1.71. The van der Waals surface area contributed by atoms with Crippen LogP contribution in [0.15, 0.2) is 56.3 Å². The molecule has 0 aliphatic carbocycles. The molecule has 1 atom stereocenters. The molecule has 2 aromatic heterocycles. The van der Waals surface area contributed by atoms with Crippen LogP contribution in [0, 0.1) is 6.92 Å². The van der Waals surface area contributed by atoms with Crippen molar-refractivity contribution in [3.63, 3.8) is 0 Å².